The summed E-state index contributed by atoms with van der Waals surface area (Å²) in [6.45, 7) is 1.60. The van der Waals surface area contributed by atoms with E-state index in [2.05, 4.69) is 5.32 Å². The predicted octanol–water partition coefficient (Wildman–Crippen LogP) is 2.83. The Kier molecular flexibility index (Phi) is 6.35. The molecule has 0 unspecified atom stereocenters. The van der Waals surface area contributed by atoms with Crippen LogP contribution in [0, 0.1) is 0 Å². The lowest BCUT2D eigenvalue weighted by molar-refractivity contribution is 0.0666. The molecule has 1 saturated carbocycles. The van der Waals surface area contributed by atoms with Gasteiger partial charge in [-0.15, -0.1) is 0 Å². The summed E-state index contributed by atoms with van der Waals surface area (Å²) < 4.78 is 33.1. The first-order chi connectivity index (χ1) is 16.4. The fraction of sp³-hybridized carbons (Fsp3) is 0.500. The zero-order valence-electron chi connectivity index (χ0n) is 19.1. The van der Waals surface area contributed by atoms with Crippen LogP contribution in [-0.4, -0.2) is 68.3 Å². The van der Waals surface area contributed by atoms with E-state index in [1.807, 2.05) is 0 Å². The number of urea groups is 1. The molecule has 34 heavy (non-hydrogen) atoms. The van der Waals surface area contributed by atoms with Gasteiger partial charge in [0, 0.05) is 44.5 Å². The number of nitrogens with one attached hydrogen (secondary N) is 1. The number of carbonyl (C=O) groups is 2. The van der Waals surface area contributed by atoms with E-state index < -0.39 is 10.0 Å². The van der Waals surface area contributed by atoms with Gasteiger partial charge in [-0.25, -0.2) is 13.2 Å². The Labute approximate surface area is 199 Å². The molecule has 0 bridgehead atoms. The van der Waals surface area contributed by atoms with Crippen molar-refractivity contribution in [1.82, 2.24) is 14.5 Å². The molecule has 0 radical (unpaired) electrons. The van der Waals surface area contributed by atoms with Gasteiger partial charge in [-0.1, -0.05) is 19.3 Å². The van der Waals surface area contributed by atoms with Gasteiger partial charge in [0.2, 0.25) is 10.0 Å². The van der Waals surface area contributed by atoms with Crippen LogP contribution in [-0.2, 0) is 16.4 Å². The topological polar surface area (TPSA) is 103 Å². The number of nitrogens with zero attached hydrogens (tertiary/aromatic N) is 3. The lowest BCUT2D eigenvalue weighted by atomic mass is 9.96. The maximum absolute atomic E-state index is 13.3. The number of furan rings is 1. The molecule has 2 aromatic rings. The lowest BCUT2D eigenvalue weighted by Gasteiger charge is -2.33. The van der Waals surface area contributed by atoms with Crippen LogP contribution in [0.25, 0.3) is 0 Å². The van der Waals surface area contributed by atoms with E-state index in [0.29, 0.717) is 26.1 Å². The molecule has 1 N–H and O–H groups in total. The Morgan fingerprint density at radius 2 is 1.74 bits per heavy atom. The second-order valence-corrected chi connectivity index (χ2v) is 11.1. The number of rotatable bonds is 4. The summed E-state index contributed by atoms with van der Waals surface area (Å²) in [4.78, 5) is 28.8. The average Bonchev–Trinajstić information content (AvgIpc) is 3.54. The molecule has 0 spiro atoms. The van der Waals surface area contributed by atoms with Gasteiger partial charge in [0.05, 0.1) is 11.2 Å². The number of sulfonamides is 1. The van der Waals surface area contributed by atoms with Crippen LogP contribution < -0.4 is 10.2 Å². The van der Waals surface area contributed by atoms with Gasteiger partial charge >= 0.3 is 6.03 Å². The summed E-state index contributed by atoms with van der Waals surface area (Å²) in [6, 6.07) is 8.41. The summed E-state index contributed by atoms with van der Waals surface area (Å²) in [5, 5.41) is 3.14. The molecule has 1 saturated heterocycles. The van der Waals surface area contributed by atoms with Crippen LogP contribution in [0.1, 0.15) is 48.2 Å². The van der Waals surface area contributed by atoms with Gasteiger partial charge in [0.1, 0.15) is 0 Å². The minimum absolute atomic E-state index is 0.0985. The van der Waals surface area contributed by atoms with Crippen molar-refractivity contribution < 1.29 is 22.4 Å². The minimum Gasteiger partial charge on any atom is -0.459 e. The van der Waals surface area contributed by atoms with Crippen LogP contribution in [0.5, 0.6) is 0 Å². The molecular weight excluding hydrogens is 456 g/mol. The molecule has 2 fully saturated rings. The fourth-order valence-electron chi connectivity index (χ4n) is 5.09. The van der Waals surface area contributed by atoms with Gasteiger partial charge in [0.15, 0.2) is 5.76 Å². The largest absolute Gasteiger partial charge is 0.459 e. The van der Waals surface area contributed by atoms with Crippen LogP contribution in [0.3, 0.4) is 0 Å². The van der Waals surface area contributed by atoms with Crippen molar-refractivity contribution in [2.75, 3.05) is 37.6 Å². The average molecular weight is 487 g/mol. The van der Waals surface area contributed by atoms with Crippen LogP contribution in [0.4, 0.5) is 10.5 Å². The first kappa shape index (κ1) is 22.9. The normalized spacial score (nSPS) is 19.8. The molecular formula is C24H30N4O5S. The van der Waals surface area contributed by atoms with Crippen molar-refractivity contribution in [2.45, 2.75) is 49.5 Å². The van der Waals surface area contributed by atoms with Crippen molar-refractivity contribution in [3.8, 4) is 0 Å². The van der Waals surface area contributed by atoms with E-state index in [0.717, 1.165) is 36.9 Å². The van der Waals surface area contributed by atoms with Gasteiger partial charge in [-0.3, -0.25) is 9.69 Å². The van der Waals surface area contributed by atoms with Crippen molar-refractivity contribution >= 4 is 27.6 Å². The highest BCUT2D eigenvalue weighted by molar-refractivity contribution is 7.89. The molecule has 1 aliphatic carbocycles. The molecule has 3 heterocycles. The summed E-state index contributed by atoms with van der Waals surface area (Å²) in [5.74, 6) is 0.0261. The third-order valence-electron chi connectivity index (χ3n) is 7.02. The fourth-order valence-corrected chi connectivity index (χ4v) is 6.56. The maximum atomic E-state index is 13.3. The van der Waals surface area contributed by atoms with Crippen LogP contribution in [0.15, 0.2) is 45.9 Å². The summed E-state index contributed by atoms with van der Waals surface area (Å²) in [5.41, 5.74) is 1.65. The van der Waals surface area contributed by atoms with E-state index in [1.165, 1.54) is 17.0 Å². The van der Waals surface area contributed by atoms with Crippen molar-refractivity contribution in [2.24, 2.45) is 0 Å². The van der Waals surface area contributed by atoms with E-state index in [4.69, 9.17) is 4.42 Å². The zero-order chi connectivity index (χ0) is 23.7. The number of benzene rings is 1. The molecule has 1 aromatic heterocycles. The van der Waals surface area contributed by atoms with E-state index >= 15 is 0 Å². The molecule has 3 amide bonds. The first-order valence-corrected chi connectivity index (χ1v) is 13.4. The molecule has 2 aliphatic heterocycles. The Morgan fingerprint density at radius 1 is 0.971 bits per heavy atom. The number of fused-ring (bicyclic) bond motifs is 1. The highest BCUT2D eigenvalue weighted by Crippen LogP contribution is 2.32. The smallest absolute Gasteiger partial charge is 0.322 e. The molecule has 5 rings (SSSR count). The van der Waals surface area contributed by atoms with Crippen molar-refractivity contribution in [3.05, 3.63) is 47.9 Å². The third-order valence-corrected chi connectivity index (χ3v) is 8.91. The van der Waals surface area contributed by atoms with Crippen LogP contribution >= 0.6 is 0 Å². The Morgan fingerprint density at radius 3 is 2.44 bits per heavy atom. The lowest BCUT2D eigenvalue weighted by Crippen LogP contribution is -2.50. The van der Waals surface area contributed by atoms with Crippen molar-refractivity contribution in [3.63, 3.8) is 0 Å². The van der Waals surface area contributed by atoms with Gasteiger partial charge in [-0.2, -0.15) is 4.31 Å². The summed E-state index contributed by atoms with van der Waals surface area (Å²) in [6.07, 6.45) is 7.63. The molecule has 182 valence electrons. The molecule has 1 aromatic carbocycles. The Hall–Kier alpha value is -2.85. The standard InChI is InChI=1S/C24H30N4O5S/c29-23(22-7-4-16-33-22)26-12-14-27(15-13-26)34(31,32)20-8-9-21-18(17-20)10-11-28(21)24(30)25-19-5-2-1-3-6-19/h4,7-9,16-17,19H,1-3,5-6,10-15H2,(H,25,30). The van der Waals surface area contributed by atoms with Gasteiger partial charge in [0.25, 0.3) is 5.91 Å². The van der Waals surface area contributed by atoms with E-state index in [9.17, 15) is 18.0 Å². The second kappa shape index (κ2) is 9.42. The number of amides is 3. The Bertz CT molecular complexity index is 1150. The second-order valence-electron chi connectivity index (χ2n) is 9.15. The van der Waals surface area contributed by atoms with Gasteiger partial charge in [-0.05, 0) is 55.2 Å². The summed E-state index contributed by atoms with van der Waals surface area (Å²) in [7, 11) is -3.69. The molecule has 9 nitrogen and oxygen atoms in total. The number of carbonyl (C=O) groups excluding carboxylic acids is 2. The van der Waals surface area contributed by atoms with Crippen molar-refractivity contribution in [1.29, 1.82) is 0 Å². The first-order valence-electron chi connectivity index (χ1n) is 12.0. The third kappa shape index (κ3) is 4.44. The molecule has 0 atom stereocenters. The molecule has 10 heteroatoms. The quantitative estimate of drug-likeness (QED) is 0.716. The van der Waals surface area contributed by atoms with E-state index in [1.54, 1.807) is 40.1 Å². The van der Waals surface area contributed by atoms with Crippen LogP contribution in [0.2, 0.25) is 0 Å². The molecule has 3 aliphatic rings. The minimum atomic E-state index is -3.69. The highest BCUT2D eigenvalue weighted by Gasteiger charge is 2.33. The Balaban J connectivity index is 1.24. The maximum Gasteiger partial charge on any atom is 0.322 e. The van der Waals surface area contributed by atoms with E-state index in [-0.39, 0.29) is 41.7 Å². The number of anilines is 1. The van der Waals surface area contributed by atoms with Gasteiger partial charge < -0.3 is 14.6 Å². The zero-order valence-corrected chi connectivity index (χ0v) is 19.9. The monoisotopic (exact) mass is 486 g/mol. The highest BCUT2D eigenvalue weighted by atomic mass is 32.2. The summed E-state index contributed by atoms with van der Waals surface area (Å²) >= 11 is 0. The SMILES string of the molecule is O=C(c1ccco1)N1CCN(S(=O)(=O)c2ccc3c(c2)CCN3C(=O)NC2CCCCC2)CC1. The number of piperazine rings is 1. The number of hydrogen-bond acceptors (Lipinski definition) is 5. The predicted molar refractivity (Wildman–Crippen MR) is 126 cm³/mol. The number of hydrogen-bond donors (Lipinski definition) is 1.